The lowest BCUT2D eigenvalue weighted by Crippen LogP contribution is -2.16. The number of rotatable bonds is 5. The molecule has 0 aromatic carbocycles. The van der Waals surface area contributed by atoms with Crippen molar-refractivity contribution in [1.29, 1.82) is 0 Å². The van der Waals surface area contributed by atoms with Crippen molar-refractivity contribution < 1.29 is 0 Å². The van der Waals surface area contributed by atoms with Gasteiger partial charge in [-0.15, -0.1) is 0 Å². The molecule has 0 atom stereocenters. The largest absolute Gasteiger partial charge is 0.313 e. The molecule has 4 heteroatoms. The molecule has 19 heavy (non-hydrogen) atoms. The summed E-state index contributed by atoms with van der Waals surface area (Å²) in [4.78, 5) is 4.23. The van der Waals surface area contributed by atoms with Gasteiger partial charge < -0.3 is 5.32 Å². The van der Waals surface area contributed by atoms with Gasteiger partial charge in [-0.25, -0.2) is 4.68 Å². The molecule has 2 aromatic heterocycles. The Kier molecular flexibility index (Phi) is 4.32. The van der Waals surface area contributed by atoms with Crippen molar-refractivity contribution in [2.24, 2.45) is 0 Å². The highest BCUT2D eigenvalue weighted by Gasteiger charge is 2.11. The topological polar surface area (TPSA) is 42.7 Å². The second kappa shape index (κ2) is 5.97. The molecule has 0 saturated heterocycles. The second-order valence-corrected chi connectivity index (χ2v) is 4.89. The van der Waals surface area contributed by atoms with E-state index in [1.54, 1.807) is 0 Å². The van der Waals surface area contributed by atoms with E-state index >= 15 is 0 Å². The van der Waals surface area contributed by atoms with Gasteiger partial charge in [-0.3, -0.25) is 4.98 Å². The van der Waals surface area contributed by atoms with E-state index in [1.807, 2.05) is 23.1 Å². The number of aromatic nitrogens is 3. The first-order valence-electron chi connectivity index (χ1n) is 6.82. The quantitative estimate of drug-likeness (QED) is 0.838. The van der Waals surface area contributed by atoms with Crippen LogP contribution >= 0.6 is 0 Å². The van der Waals surface area contributed by atoms with Gasteiger partial charge in [0.2, 0.25) is 0 Å². The van der Waals surface area contributed by atoms with Crippen molar-refractivity contribution in [2.45, 2.75) is 40.7 Å². The van der Waals surface area contributed by atoms with Crippen LogP contribution in [0.5, 0.6) is 0 Å². The fourth-order valence-electron chi connectivity index (χ4n) is 2.12. The van der Waals surface area contributed by atoms with Gasteiger partial charge in [0.05, 0.1) is 11.4 Å². The average molecular weight is 258 g/mol. The zero-order valence-electron chi connectivity index (χ0n) is 12.2. The van der Waals surface area contributed by atoms with E-state index in [4.69, 9.17) is 0 Å². The van der Waals surface area contributed by atoms with Crippen molar-refractivity contribution in [3.8, 4) is 5.69 Å². The first kappa shape index (κ1) is 13.7. The van der Waals surface area contributed by atoms with Crippen molar-refractivity contribution in [2.75, 3.05) is 6.54 Å². The molecular formula is C15H22N4. The fraction of sp³-hybridized carbons (Fsp3) is 0.467. The summed E-state index contributed by atoms with van der Waals surface area (Å²) in [6.45, 7) is 10.3. The van der Waals surface area contributed by atoms with Crippen molar-refractivity contribution in [3.05, 3.63) is 41.0 Å². The van der Waals surface area contributed by atoms with E-state index in [1.165, 1.54) is 16.8 Å². The van der Waals surface area contributed by atoms with Gasteiger partial charge in [0.1, 0.15) is 0 Å². The highest BCUT2D eigenvalue weighted by atomic mass is 15.3. The Labute approximate surface area is 114 Å². The summed E-state index contributed by atoms with van der Waals surface area (Å²) in [6.07, 6.45) is 4.88. The van der Waals surface area contributed by atoms with Crippen LogP contribution in [-0.2, 0) is 6.54 Å². The standard InChI is InChI=1S/C15H22N4/c1-5-7-16-9-14-10-17-8-6-15(14)19-13(4)11(2)12(3)18-19/h6,8,10,16H,5,7,9H2,1-4H3. The van der Waals surface area contributed by atoms with Crippen molar-refractivity contribution in [3.63, 3.8) is 0 Å². The number of hydrogen-bond acceptors (Lipinski definition) is 3. The predicted octanol–water partition coefficient (Wildman–Crippen LogP) is 2.69. The van der Waals surface area contributed by atoms with Crippen LogP contribution in [0.2, 0.25) is 0 Å². The maximum absolute atomic E-state index is 4.63. The van der Waals surface area contributed by atoms with E-state index in [0.717, 1.165) is 30.9 Å². The van der Waals surface area contributed by atoms with Gasteiger partial charge in [-0.2, -0.15) is 5.10 Å². The van der Waals surface area contributed by atoms with E-state index in [2.05, 4.69) is 43.1 Å². The summed E-state index contributed by atoms with van der Waals surface area (Å²) in [5.41, 5.74) is 5.83. The minimum atomic E-state index is 0.828. The van der Waals surface area contributed by atoms with Crippen LogP contribution in [0.25, 0.3) is 5.69 Å². The number of pyridine rings is 1. The van der Waals surface area contributed by atoms with Gasteiger partial charge in [-0.05, 0) is 45.4 Å². The summed E-state index contributed by atoms with van der Waals surface area (Å²) in [7, 11) is 0. The Morgan fingerprint density at radius 3 is 2.68 bits per heavy atom. The summed E-state index contributed by atoms with van der Waals surface area (Å²) in [5, 5.41) is 8.05. The molecule has 1 N–H and O–H groups in total. The molecule has 0 radical (unpaired) electrons. The van der Waals surface area contributed by atoms with Crippen molar-refractivity contribution >= 4 is 0 Å². The highest BCUT2D eigenvalue weighted by Crippen LogP contribution is 2.19. The number of aryl methyl sites for hydroxylation is 1. The van der Waals surface area contributed by atoms with E-state index in [9.17, 15) is 0 Å². The molecule has 0 saturated carbocycles. The fourth-order valence-corrected chi connectivity index (χ4v) is 2.12. The van der Waals surface area contributed by atoms with Crippen LogP contribution in [-0.4, -0.2) is 21.3 Å². The zero-order chi connectivity index (χ0) is 13.8. The van der Waals surface area contributed by atoms with Crippen molar-refractivity contribution in [1.82, 2.24) is 20.1 Å². The third-order valence-corrected chi connectivity index (χ3v) is 3.50. The van der Waals surface area contributed by atoms with Crippen LogP contribution in [0.1, 0.15) is 35.9 Å². The molecule has 0 aliphatic carbocycles. The monoisotopic (exact) mass is 258 g/mol. The van der Waals surface area contributed by atoms with Gasteiger partial charge in [0.25, 0.3) is 0 Å². The normalized spacial score (nSPS) is 10.9. The van der Waals surface area contributed by atoms with E-state index in [-0.39, 0.29) is 0 Å². The molecular weight excluding hydrogens is 236 g/mol. The van der Waals surface area contributed by atoms with Crippen LogP contribution in [0.3, 0.4) is 0 Å². The maximum atomic E-state index is 4.63. The minimum absolute atomic E-state index is 0.828. The molecule has 2 rings (SSSR count). The third kappa shape index (κ3) is 2.84. The molecule has 4 nitrogen and oxygen atoms in total. The van der Waals surface area contributed by atoms with Gasteiger partial charge in [0.15, 0.2) is 0 Å². The molecule has 2 heterocycles. The molecule has 0 aliphatic heterocycles. The highest BCUT2D eigenvalue weighted by molar-refractivity contribution is 5.41. The number of nitrogens with zero attached hydrogens (tertiary/aromatic N) is 3. The molecule has 0 amide bonds. The molecule has 0 fully saturated rings. The first-order valence-corrected chi connectivity index (χ1v) is 6.82. The first-order chi connectivity index (χ1) is 9.15. The maximum Gasteiger partial charge on any atom is 0.0724 e. The Hall–Kier alpha value is -1.68. The number of hydrogen-bond donors (Lipinski definition) is 1. The summed E-state index contributed by atoms with van der Waals surface area (Å²) >= 11 is 0. The Morgan fingerprint density at radius 1 is 1.26 bits per heavy atom. The third-order valence-electron chi connectivity index (χ3n) is 3.50. The molecule has 0 unspecified atom stereocenters. The molecule has 0 spiro atoms. The number of nitrogens with one attached hydrogen (secondary N) is 1. The lowest BCUT2D eigenvalue weighted by Gasteiger charge is -2.11. The Bertz CT molecular complexity index is 557. The van der Waals surface area contributed by atoms with Crippen LogP contribution in [0.15, 0.2) is 18.5 Å². The summed E-state index contributed by atoms with van der Waals surface area (Å²) in [6, 6.07) is 2.03. The molecule has 0 aliphatic rings. The smallest absolute Gasteiger partial charge is 0.0724 e. The zero-order valence-corrected chi connectivity index (χ0v) is 12.2. The van der Waals surface area contributed by atoms with E-state index < -0.39 is 0 Å². The van der Waals surface area contributed by atoms with Crippen LogP contribution in [0, 0.1) is 20.8 Å². The molecule has 102 valence electrons. The van der Waals surface area contributed by atoms with Gasteiger partial charge >= 0.3 is 0 Å². The minimum Gasteiger partial charge on any atom is -0.313 e. The predicted molar refractivity (Wildman–Crippen MR) is 77.6 cm³/mol. The van der Waals surface area contributed by atoms with E-state index in [0.29, 0.717) is 0 Å². The summed E-state index contributed by atoms with van der Waals surface area (Å²) < 4.78 is 2.02. The van der Waals surface area contributed by atoms with Crippen LogP contribution < -0.4 is 5.32 Å². The Balaban J connectivity index is 2.36. The van der Waals surface area contributed by atoms with Gasteiger partial charge in [-0.1, -0.05) is 6.92 Å². The van der Waals surface area contributed by atoms with Gasteiger partial charge in [0, 0.05) is 30.2 Å². The lowest BCUT2D eigenvalue weighted by atomic mass is 10.2. The SMILES string of the molecule is CCCNCc1cnccc1-n1nc(C)c(C)c1C. The molecule has 2 aromatic rings. The van der Waals surface area contributed by atoms with Crippen LogP contribution in [0.4, 0.5) is 0 Å². The lowest BCUT2D eigenvalue weighted by molar-refractivity contribution is 0.667. The second-order valence-electron chi connectivity index (χ2n) is 4.89. The molecule has 0 bridgehead atoms. The average Bonchev–Trinajstić information content (AvgIpc) is 2.67. The Morgan fingerprint density at radius 2 is 2.05 bits per heavy atom. The summed E-state index contributed by atoms with van der Waals surface area (Å²) in [5.74, 6) is 0.